The number of nitrogens with one attached hydrogen (secondary N) is 1. The molecule has 1 aromatic heterocycles. The lowest BCUT2D eigenvalue weighted by molar-refractivity contribution is -0.119. The van der Waals surface area contributed by atoms with Gasteiger partial charge < -0.3 is 15.1 Å². The van der Waals surface area contributed by atoms with Gasteiger partial charge in [0.05, 0.1) is 11.3 Å². The first kappa shape index (κ1) is 16.3. The maximum atomic E-state index is 12.5. The first-order valence-corrected chi connectivity index (χ1v) is 7.92. The van der Waals surface area contributed by atoms with Crippen LogP contribution in [0.15, 0.2) is 18.5 Å². The van der Waals surface area contributed by atoms with Crippen molar-refractivity contribution < 1.29 is 9.59 Å². The summed E-state index contributed by atoms with van der Waals surface area (Å²) in [6, 6.07) is 1.85. The van der Waals surface area contributed by atoms with E-state index in [1.807, 2.05) is 6.07 Å². The van der Waals surface area contributed by atoms with Crippen LogP contribution in [0, 0.1) is 0 Å². The highest BCUT2D eigenvalue weighted by Crippen LogP contribution is 2.12. The Balaban J connectivity index is 1.91. The van der Waals surface area contributed by atoms with Crippen molar-refractivity contribution in [2.75, 3.05) is 38.0 Å². The molecule has 2 amide bonds. The Morgan fingerprint density at radius 2 is 2.05 bits per heavy atom. The summed E-state index contributed by atoms with van der Waals surface area (Å²) < 4.78 is 0. The zero-order chi connectivity index (χ0) is 15.8. The molecule has 6 heteroatoms. The summed E-state index contributed by atoms with van der Waals surface area (Å²) in [7, 11) is 0. The Hall–Kier alpha value is -2.11. The minimum Gasteiger partial charge on any atom is -0.384 e. The van der Waals surface area contributed by atoms with Gasteiger partial charge in [-0.05, 0) is 12.5 Å². The van der Waals surface area contributed by atoms with E-state index in [0.29, 0.717) is 31.7 Å². The Bertz CT molecular complexity index is 499. The number of pyridine rings is 1. The molecule has 2 heterocycles. The lowest BCUT2D eigenvalue weighted by Crippen LogP contribution is -2.48. The van der Waals surface area contributed by atoms with E-state index in [1.165, 1.54) is 12.8 Å². The third-order valence-electron chi connectivity index (χ3n) is 3.85. The molecular formula is C16H24N4O2. The van der Waals surface area contributed by atoms with Gasteiger partial charge in [0.2, 0.25) is 6.41 Å². The van der Waals surface area contributed by atoms with Crippen LogP contribution in [0.3, 0.4) is 0 Å². The molecule has 6 nitrogen and oxygen atoms in total. The van der Waals surface area contributed by atoms with Gasteiger partial charge in [0.25, 0.3) is 5.91 Å². The fraction of sp³-hybridized carbons (Fsp3) is 0.562. The fourth-order valence-corrected chi connectivity index (χ4v) is 2.47. The van der Waals surface area contributed by atoms with Crippen LogP contribution in [0.1, 0.15) is 36.5 Å². The predicted octanol–water partition coefficient (Wildman–Crippen LogP) is 1.60. The van der Waals surface area contributed by atoms with Crippen molar-refractivity contribution in [3.05, 3.63) is 24.0 Å². The van der Waals surface area contributed by atoms with Gasteiger partial charge in [-0.1, -0.05) is 19.8 Å². The zero-order valence-electron chi connectivity index (χ0n) is 13.1. The normalized spacial score (nSPS) is 14.8. The Morgan fingerprint density at radius 1 is 1.27 bits per heavy atom. The standard InChI is InChI=1S/C16H24N4O2/c1-2-3-4-5-18-15-10-14(11-17-12-15)16(22)20-8-6-19(13-21)7-9-20/h10-13,18H,2-9H2,1H3. The summed E-state index contributed by atoms with van der Waals surface area (Å²) in [6.45, 7) is 5.41. The second-order valence-electron chi connectivity index (χ2n) is 5.53. The van der Waals surface area contributed by atoms with E-state index < -0.39 is 0 Å². The van der Waals surface area contributed by atoms with Gasteiger partial charge >= 0.3 is 0 Å². The number of anilines is 1. The Kier molecular flexibility index (Phi) is 6.18. The van der Waals surface area contributed by atoms with Crippen molar-refractivity contribution in [3.8, 4) is 0 Å². The first-order chi connectivity index (χ1) is 10.7. The molecule has 0 bridgehead atoms. The van der Waals surface area contributed by atoms with Crippen LogP contribution in [-0.2, 0) is 4.79 Å². The van der Waals surface area contributed by atoms with E-state index in [9.17, 15) is 9.59 Å². The molecule has 0 spiro atoms. The van der Waals surface area contributed by atoms with Gasteiger partial charge in [0, 0.05) is 45.1 Å². The van der Waals surface area contributed by atoms with Crippen molar-refractivity contribution in [1.29, 1.82) is 0 Å². The van der Waals surface area contributed by atoms with Crippen LogP contribution in [0.4, 0.5) is 5.69 Å². The van der Waals surface area contributed by atoms with Crippen molar-refractivity contribution in [2.24, 2.45) is 0 Å². The third-order valence-corrected chi connectivity index (χ3v) is 3.85. The summed E-state index contributed by atoms with van der Waals surface area (Å²) in [5, 5.41) is 3.31. The number of rotatable bonds is 7. The SMILES string of the molecule is CCCCCNc1cncc(C(=O)N2CCN(C=O)CC2)c1. The number of hydrogen-bond donors (Lipinski definition) is 1. The minimum atomic E-state index is -0.0183. The van der Waals surface area contributed by atoms with Crippen LogP contribution < -0.4 is 5.32 Å². The lowest BCUT2D eigenvalue weighted by Gasteiger charge is -2.32. The molecule has 1 aromatic rings. The van der Waals surface area contributed by atoms with Gasteiger partial charge in [-0.25, -0.2) is 0 Å². The Labute approximate surface area is 131 Å². The molecule has 120 valence electrons. The quantitative estimate of drug-likeness (QED) is 0.614. The van der Waals surface area contributed by atoms with Crippen molar-refractivity contribution in [3.63, 3.8) is 0 Å². The number of nitrogens with zero attached hydrogens (tertiary/aromatic N) is 3. The highest BCUT2D eigenvalue weighted by molar-refractivity contribution is 5.94. The second-order valence-corrected chi connectivity index (χ2v) is 5.53. The topological polar surface area (TPSA) is 65.5 Å². The van der Waals surface area contributed by atoms with Gasteiger partial charge in [0.15, 0.2) is 0 Å². The predicted molar refractivity (Wildman–Crippen MR) is 85.8 cm³/mol. The average molecular weight is 304 g/mol. The second kappa shape index (κ2) is 8.36. The van der Waals surface area contributed by atoms with Crippen molar-refractivity contribution >= 4 is 18.0 Å². The molecule has 0 unspecified atom stereocenters. The Morgan fingerprint density at radius 3 is 2.73 bits per heavy atom. The maximum absolute atomic E-state index is 12.5. The highest BCUT2D eigenvalue weighted by Gasteiger charge is 2.21. The van der Waals surface area contributed by atoms with Crippen LogP contribution in [-0.4, -0.2) is 59.8 Å². The van der Waals surface area contributed by atoms with Crippen LogP contribution in [0.25, 0.3) is 0 Å². The molecule has 1 N–H and O–H groups in total. The number of hydrogen-bond acceptors (Lipinski definition) is 4. The molecular weight excluding hydrogens is 280 g/mol. The first-order valence-electron chi connectivity index (χ1n) is 7.92. The van der Waals surface area contributed by atoms with E-state index in [1.54, 1.807) is 22.2 Å². The van der Waals surface area contributed by atoms with Gasteiger partial charge in [-0.3, -0.25) is 14.6 Å². The number of carbonyl (C=O) groups is 2. The van der Waals surface area contributed by atoms with Gasteiger partial charge in [0.1, 0.15) is 0 Å². The summed E-state index contributed by atoms with van der Waals surface area (Å²) >= 11 is 0. The van der Waals surface area contributed by atoms with Gasteiger partial charge in [-0.15, -0.1) is 0 Å². The fourth-order valence-electron chi connectivity index (χ4n) is 2.47. The van der Waals surface area contributed by atoms with Crippen LogP contribution in [0.2, 0.25) is 0 Å². The summed E-state index contributed by atoms with van der Waals surface area (Å²) in [5.41, 5.74) is 1.48. The molecule has 1 aliphatic rings. The van der Waals surface area contributed by atoms with Crippen LogP contribution >= 0.6 is 0 Å². The molecule has 0 saturated carbocycles. The summed E-state index contributed by atoms with van der Waals surface area (Å²) in [5.74, 6) is -0.0183. The summed E-state index contributed by atoms with van der Waals surface area (Å²) in [4.78, 5) is 30.8. The largest absolute Gasteiger partial charge is 0.384 e. The number of carbonyl (C=O) groups excluding carboxylic acids is 2. The molecule has 22 heavy (non-hydrogen) atoms. The maximum Gasteiger partial charge on any atom is 0.255 e. The smallest absolute Gasteiger partial charge is 0.255 e. The highest BCUT2D eigenvalue weighted by atomic mass is 16.2. The van der Waals surface area contributed by atoms with E-state index in [0.717, 1.165) is 25.1 Å². The van der Waals surface area contributed by atoms with Gasteiger partial charge in [-0.2, -0.15) is 0 Å². The van der Waals surface area contributed by atoms with Crippen LogP contribution in [0.5, 0.6) is 0 Å². The summed E-state index contributed by atoms with van der Waals surface area (Å²) in [6.07, 6.45) is 7.68. The minimum absolute atomic E-state index is 0.0183. The molecule has 1 fully saturated rings. The zero-order valence-corrected chi connectivity index (χ0v) is 13.1. The molecule has 1 saturated heterocycles. The molecule has 0 atom stereocenters. The number of unbranched alkanes of at least 4 members (excludes halogenated alkanes) is 2. The monoisotopic (exact) mass is 304 g/mol. The molecule has 0 aromatic carbocycles. The van der Waals surface area contributed by atoms with Crippen molar-refractivity contribution in [1.82, 2.24) is 14.8 Å². The number of piperazine rings is 1. The van der Waals surface area contributed by atoms with E-state index in [2.05, 4.69) is 17.2 Å². The number of aromatic nitrogens is 1. The van der Waals surface area contributed by atoms with E-state index in [-0.39, 0.29) is 5.91 Å². The van der Waals surface area contributed by atoms with E-state index in [4.69, 9.17) is 0 Å². The van der Waals surface area contributed by atoms with Crippen molar-refractivity contribution in [2.45, 2.75) is 26.2 Å². The molecule has 1 aliphatic heterocycles. The number of amides is 2. The molecule has 0 radical (unpaired) electrons. The molecule has 0 aliphatic carbocycles. The third kappa shape index (κ3) is 4.44. The van der Waals surface area contributed by atoms with E-state index >= 15 is 0 Å². The lowest BCUT2D eigenvalue weighted by atomic mass is 10.2. The average Bonchev–Trinajstić information content (AvgIpc) is 2.58. The molecule has 2 rings (SSSR count).